The van der Waals surface area contributed by atoms with Crippen LogP contribution in [0.15, 0.2) is 24.3 Å². The number of nitrogens with one attached hydrogen (secondary N) is 1. The van der Waals surface area contributed by atoms with Crippen molar-refractivity contribution in [2.75, 3.05) is 6.54 Å². The number of nitrogens with two attached hydrogens (primary N) is 1. The van der Waals surface area contributed by atoms with Crippen molar-refractivity contribution >= 4 is 12.2 Å². The van der Waals surface area contributed by atoms with E-state index in [9.17, 15) is 9.59 Å². The van der Waals surface area contributed by atoms with Gasteiger partial charge in [-0.2, -0.15) is 0 Å². The number of amides is 1. The number of phenolic OH excluding ortho intramolecular Hbond substituents is 1. The van der Waals surface area contributed by atoms with Crippen molar-refractivity contribution in [3.63, 3.8) is 0 Å². The van der Waals surface area contributed by atoms with E-state index in [1.165, 1.54) is 12.1 Å². The Balaban J connectivity index is 2.50. The second-order valence-electron chi connectivity index (χ2n) is 3.34. The van der Waals surface area contributed by atoms with Crippen LogP contribution in [0, 0.1) is 0 Å². The molecule has 1 amide bonds. The van der Waals surface area contributed by atoms with Crippen LogP contribution in [0.1, 0.15) is 5.56 Å². The van der Waals surface area contributed by atoms with Crippen LogP contribution in [0.2, 0.25) is 0 Å². The van der Waals surface area contributed by atoms with E-state index in [0.717, 1.165) is 5.56 Å². The first-order valence-electron chi connectivity index (χ1n) is 4.79. The quantitative estimate of drug-likeness (QED) is 0.624. The van der Waals surface area contributed by atoms with Gasteiger partial charge in [-0.25, -0.2) is 0 Å². The topological polar surface area (TPSA) is 92.4 Å². The van der Waals surface area contributed by atoms with Crippen molar-refractivity contribution in [3.8, 4) is 5.75 Å². The van der Waals surface area contributed by atoms with Crippen LogP contribution in [0.3, 0.4) is 0 Å². The predicted octanol–water partition coefficient (Wildman–Crippen LogP) is -0.512. The van der Waals surface area contributed by atoms with E-state index in [0.29, 0.717) is 6.42 Å². The molecule has 5 nitrogen and oxygen atoms in total. The van der Waals surface area contributed by atoms with Crippen molar-refractivity contribution in [3.05, 3.63) is 29.8 Å². The molecule has 0 aromatic heterocycles. The highest BCUT2D eigenvalue weighted by atomic mass is 16.3. The molecule has 85 valence electrons. The monoisotopic (exact) mass is 221 g/mol. The molecule has 1 aromatic carbocycles. The first kappa shape index (κ1) is 12.2. The maximum Gasteiger partial charge on any atom is 0.237 e. The Morgan fingerprint density at radius 3 is 2.62 bits per heavy atom. The summed E-state index contributed by atoms with van der Waals surface area (Å²) in [4.78, 5) is 21.2. The SMILES string of the molecule is N[C@H](Cc1ccc(O)cc1)C(=O)NC[C]=O. The fourth-order valence-corrected chi connectivity index (χ4v) is 1.23. The predicted molar refractivity (Wildman–Crippen MR) is 58.5 cm³/mol. The molecule has 1 atom stereocenters. The van der Waals surface area contributed by atoms with Gasteiger partial charge in [0.1, 0.15) is 5.75 Å². The third-order valence-electron chi connectivity index (χ3n) is 2.06. The fraction of sp³-hybridized carbons (Fsp3) is 0.273. The highest BCUT2D eigenvalue weighted by molar-refractivity contribution is 5.83. The molecule has 0 unspecified atom stereocenters. The molecule has 0 aliphatic heterocycles. The standard InChI is InChI=1S/C11H13N2O3/c12-10(11(16)13-5-6-14)7-8-1-3-9(15)4-2-8/h1-4,10,15H,5,7,12H2,(H,13,16)/t10-/m1/s1. The van der Waals surface area contributed by atoms with Gasteiger partial charge in [0.2, 0.25) is 12.2 Å². The molecule has 0 fully saturated rings. The van der Waals surface area contributed by atoms with Gasteiger partial charge >= 0.3 is 0 Å². The summed E-state index contributed by atoms with van der Waals surface area (Å²) in [7, 11) is 0. The number of hydrogen-bond donors (Lipinski definition) is 3. The molecule has 5 heteroatoms. The lowest BCUT2D eigenvalue weighted by molar-refractivity contribution is -0.122. The van der Waals surface area contributed by atoms with E-state index in [1.54, 1.807) is 18.4 Å². The molecule has 16 heavy (non-hydrogen) atoms. The summed E-state index contributed by atoms with van der Waals surface area (Å²) in [6, 6.07) is 5.72. The molecule has 0 heterocycles. The van der Waals surface area contributed by atoms with Crippen molar-refractivity contribution in [1.29, 1.82) is 0 Å². The number of hydrogen-bond acceptors (Lipinski definition) is 4. The maximum atomic E-state index is 11.3. The number of carbonyl (C=O) groups is 1. The molecule has 0 spiro atoms. The summed E-state index contributed by atoms with van der Waals surface area (Å²) in [5.74, 6) is -0.228. The third kappa shape index (κ3) is 3.70. The van der Waals surface area contributed by atoms with Crippen LogP contribution in [0.5, 0.6) is 5.75 Å². The Morgan fingerprint density at radius 1 is 1.44 bits per heavy atom. The van der Waals surface area contributed by atoms with Gasteiger partial charge in [-0.1, -0.05) is 12.1 Å². The fourth-order valence-electron chi connectivity index (χ4n) is 1.23. The normalized spacial score (nSPS) is 11.8. The van der Waals surface area contributed by atoms with Crippen molar-refractivity contribution < 1.29 is 14.7 Å². The molecular formula is C11H13N2O3. The summed E-state index contributed by atoms with van der Waals surface area (Å²) in [6.07, 6.45) is 1.91. The van der Waals surface area contributed by atoms with Crippen LogP contribution in [-0.4, -0.2) is 29.9 Å². The number of phenols is 1. The van der Waals surface area contributed by atoms with Gasteiger partial charge in [-0.05, 0) is 24.1 Å². The van der Waals surface area contributed by atoms with Gasteiger partial charge in [0.15, 0.2) is 0 Å². The largest absolute Gasteiger partial charge is 0.508 e. The third-order valence-corrected chi connectivity index (χ3v) is 2.06. The number of rotatable bonds is 5. The minimum Gasteiger partial charge on any atom is -0.508 e. The smallest absolute Gasteiger partial charge is 0.237 e. The Morgan fingerprint density at radius 2 is 2.06 bits per heavy atom. The lowest BCUT2D eigenvalue weighted by atomic mass is 10.1. The van der Waals surface area contributed by atoms with Gasteiger partial charge in [0.05, 0.1) is 12.6 Å². The lowest BCUT2D eigenvalue weighted by Gasteiger charge is -2.10. The lowest BCUT2D eigenvalue weighted by Crippen LogP contribution is -2.42. The Kier molecular flexibility index (Phi) is 4.47. The van der Waals surface area contributed by atoms with Crippen LogP contribution in [-0.2, 0) is 16.0 Å². The van der Waals surface area contributed by atoms with Crippen molar-refractivity contribution in [1.82, 2.24) is 5.32 Å². The Labute approximate surface area is 93.3 Å². The van der Waals surface area contributed by atoms with Gasteiger partial charge in [0.25, 0.3) is 0 Å². The van der Waals surface area contributed by atoms with E-state index in [-0.39, 0.29) is 12.3 Å². The molecule has 0 aliphatic rings. The molecule has 0 saturated carbocycles. The summed E-state index contributed by atoms with van der Waals surface area (Å²) in [6.45, 7) is -0.151. The highest BCUT2D eigenvalue weighted by Crippen LogP contribution is 2.10. The minimum absolute atomic E-state index is 0.151. The number of carbonyl (C=O) groups excluding carboxylic acids is 2. The number of aromatic hydroxyl groups is 1. The van der Waals surface area contributed by atoms with Gasteiger partial charge < -0.3 is 16.2 Å². The molecule has 0 saturated heterocycles. The Bertz CT molecular complexity index is 362. The molecule has 1 radical (unpaired) electrons. The van der Waals surface area contributed by atoms with Crippen molar-refractivity contribution in [2.45, 2.75) is 12.5 Å². The van der Waals surface area contributed by atoms with Crippen molar-refractivity contribution in [2.24, 2.45) is 5.73 Å². The second kappa shape index (κ2) is 5.87. The van der Waals surface area contributed by atoms with E-state index in [4.69, 9.17) is 10.8 Å². The van der Waals surface area contributed by atoms with Crippen LogP contribution >= 0.6 is 0 Å². The molecule has 0 aliphatic carbocycles. The minimum atomic E-state index is -0.710. The number of benzene rings is 1. The zero-order valence-corrected chi connectivity index (χ0v) is 8.64. The first-order chi connectivity index (χ1) is 7.63. The van der Waals surface area contributed by atoms with E-state index >= 15 is 0 Å². The average Bonchev–Trinajstić information content (AvgIpc) is 2.29. The maximum absolute atomic E-state index is 11.3. The summed E-state index contributed by atoms with van der Waals surface area (Å²) < 4.78 is 0. The van der Waals surface area contributed by atoms with Gasteiger partial charge in [0, 0.05) is 0 Å². The molecule has 1 aromatic rings. The molecule has 4 N–H and O–H groups in total. The zero-order valence-electron chi connectivity index (χ0n) is 8.64. The van der Waals surface area contributed by atoms with E-state index < -0.39 is 11.9 Å². The van der Waals surface area contributed by atoms with Gasteiger partial charge in [-0.15, -0.1) is 0 Å². The molecule has 0 bridgehead atoms. The molecule has 1 rings (SSSR count). The van der Waals surface area contributed by atoms with E-state index in [2.05, 4.69) is 5.32 Å². The van der Waals surface area contributed by atoms with Crippen LogP contribution in [0.4, 0.5) is 0 Å². The van der Waals surface area contributed by atoms with Crippen LogP contribution < -0.4 is 11.1 Å². The zero-order chi connectivity index (χ0) is 12.0. The second-order valence-corrected chi connectivity index (χ2v) is 3.34. The Hall–Kier alpha value is -1.88. The highest BCUT2D eigenvalue weighted by Gasteiger charge is 2.13. The van der Waals surface area contributed by atoms with Gasteiger partial charge in [-0.3, -0.25) is 9.59 Å². The molecular weight excluding hydrogens is 208 g/mol. The summed E-state index contributed by atoms with van der Waals surface area (Å²) in [5.41, 5.74) is 6.47. The first-order valence-corrected chi connectivity index (χ1v) is 4.79. The average molecular weight is 221 g/mol. The van der Waals surface area contributed by atoms with Crippen LogP contribution in [0.25, 0.3) is 0 Å². The summed E-state index contributed by atoms with van der Waals surface area (Å²) >= 11 is 0. The van der Waals surface area contributed by atoms with E-state index in [1.807, 2.05) is 0 Å². The summed E-state index contributed by atoms with van der Waals surface area (Å²) in [5, 5.41) is 11.4.